The summed E-state index contributed by atoms with van der Waals surface area (Å²) in [5.74, 6) is 1.45. The van der Waals surface area contributed by atoms with Crippen molar-refractivity contribution in [2.75, 3.05) is 5.88 Å². The molecule has 0 aromatic carbocycles. The van der Waals surface area contributed by atoms with E-state index in [9.17, 15) is 8.42 Å². The van der Waals surface area contributed by atoms with E-state index in [0.717, 1.165) is 25.7 Å². The van der Waals surface area contributed by atoms with Crippen molar-refractivity contribution in [1.82, 2.24) is 14.7 Å². The van der Waals surface area contributed by atoms with E-state index in [4.69, 9.17) is 11.6 Å². The Morgan fingerprint density at radius 3 is 2.90 bits per heavy atom. The van der Waals surface area contributed by atoms with Crippen LogP contribution in [0.2, 0.25) is 0 Å². The van der Waals surface area contributed by atoms with Crippen molar-refractivity contribution >= 4 is 21.6 Å². The van der Waals surface area contributed by atoms with Gasteiger partial charge < -0.3 is 4.98 Å². The number of H-pyrrole nitrogens is 1. The third-order valence-electron chi connectivity index (χ3n) is 3.93. The fourth-order valence-electron chi connectivity index (χ4n) is 2.90. The quantitative estimate of drug-likeness (QED) is 0.818. The number of hydrogen-bond acceptors (Lipinski definition) is 3. The van der Waals surface area contributed by atoms with Crippen molar-refractivity contribution in [1.29, 1.82) is 0 Å². The Kier molecular flexibility index (Phi) is 4.76. The molecule has 1 aliphatic rings. The number of aryl methyl sites for hydroxylation is 1. The molecule has 1 aromatic rings. The van der Waals surface area contributed by atoms with Crippen LogP contribution in [-0.4, -0.2) is 29.8 Å². The molecular weight excluding hydrogens is 298 g/mol. The van der Waals surface area contributed by atoms with Crippen molar-refractivity contribution in [3.63, 3.8) is 0 Å². The molecule has 7 heteroatoms. The van der Waals surface area contributed by atoms with Crippen LogP contribution in [0.5, 0.6) is 0 Å². The summed E-state index contributed by atoms with van der Waals surface area (Å²) in [6.45, 7) is 4.06. The van der Waals surface area contributed by atoms with E-state index in [2.05, 4.69) is 21.6 Å². The molecule has 0 aliphatic heterocycles. The van der Waals surface area contributed by atoms with Crippen LogP contribution in [0.3, 0.4) is 0 Å². The van der Waals surface area contributed by atoms with Crippen LogP contribution >= 0.6 is 11.6 Å². The van der Waals surface area contributed by atoms with E-state index in [1.165, 1.54) is 6.20 Å². The van der Waals surface area contributed by atoms with Crippen molar-refractivity contribution < 1.29 is 8.42 Å². The fourth-order valence-corrected chi connectivity index (χ4v) is 4.67. The second kappa shape index (κ2) is 6.03. The van der Waals surface area contributed by atoms with Gasteiger partial charge in [-0.2, -0.15) is 0 Å². The number of imidazole rings is 1. The van der Waals surface area contributed by atoms with Gasteiger partial charge in [-0.15, -0.1) is 11.6 Å². The summed E-state index contributed by atoms with van der Waals surface area (Å²) < 4.78 is 27.7. The van der Waals surface area contributed by atoms with Crippen LogP contribution in [0.4, 0.5) is 0 Å². The molecule has 114 valence electrons. The minimum absolute atomic E-state index is 0.122. The van der Waals surface area contributed by atoms with E-state index in [0.29, 0.717) is 24.0 Å². The average Bonchev–Trinajstić information content (AvgIpc) is 2.88. The zero-order valence-corrected chi connectivity index (χ0v) is 13.5. The van der Waals surface area contributed by atoms with Crippen LogP contribution in [0.15, 0.2) is 11.2 Å². The van der Waals surface area contributed by atoms with Gasteiger partial charge >= 0.3 is 0 Å². The molecule has 0 bridgehead atoms. The van der Waals surface area contributed by atoms with E-state index >= 15 is 0 Å². The minimum Gasteiger partial charge on any atom is -0.332 e. The molecule has 0 saturated heterocycles. The van der Waals surface area contributed by atoms with Crippen LogP contribution < -0.4 is 4.72 Å². The average molecular weight is 320 g/mol. The van der Waals surface area contributed by atoms with Gasteiger partial charge in [0.25, 0.3) is 10.0 Å². The fraction of sp³-hybridized carbons (Fsp3) is 0.769. The number of nitrogens with one attached hydrogen (secondary N) is 2. The number of halogens is 1. The Hall–Kier alpha value is -0.590. The topological polar surface area (TPSA) is 74.8 Å². The van der Waals surface area contributed by atoms with Crippen LogP contribution in [0, 0.1) is 5.92 Å². The molecule has 1 aromatic heterocycles. The van der Waals surface area contributed by atoms with Crippen molar-refractivity contribution in [3.05, 3.63) is 12.0 Å². The molecule has 1 heterocycles. The molecule has 0 spiro atoms. The molecule has 2 rings (SSSR count). The van der Waals surface area contributed by atoms with E-state index < -0.39 is 15.6 Å². The molecule has 2 unspecified atom stereocenters. The third-order valence-corrected chi connectivity index (χ3v) is 5.93. The third kappa shape index (κ3) is 3.35. The maximum Gasteiger partial charge on any atom is 0.258 e. The number of aromatic amines is 1. The molecule has 0 amide bonds. The first-order valence-corrected chi connectivity index (χ1v) is 9.06. The van der Waals surface area contributed by atoms with Gasteiger partial charge in [0, 0.05) is 17.8 Å². The van der Waals surface area contributed by atoms with Gasteiger partial charge in [0.15, 0.2) is 5.03 Å². The lowest BCUT2D eigenvalue weighted by atomic mass is 9.78. The second-order valence-corrected chi connectivity index (χ2v) is 7.69. The van der Waals surface area contributed by atoms with Gasteiger partial charge in [-0.1, -0.05) is 26.7 Å². The van der Waals surface area contributed by atoms with Crippen LogP contribution in [0.25, 0.3) is 0 Å². The smallest absolute Gasteiger partial charge is 0.258 e. The molecular formula is C13H22ClN3O2S. The van der Waals surface area contributed by atoms with E-state index in [1.807, 2.05) is 6.92 Å². The van der Waals surface area contributed by atoms with E-state index in [-0.39, 0.29) is 5.03 Å². The molecule has 1 fully saturated rings. The summed E-state index contributed by atoms with van der Waals surface area (Å²) >= 11 is 6.08. The zero-order chi connectivity index (χ0) is 14.8. The van der Waals surface area contributed by atoms with Crippen LogP contribution in [0.1, 0.15) is 45.4 Å². The summed E-state index contributed by atoms with van der Waals surface area (Å²) in [4.78, 5) is 6.89. The molecule has 1 aliphatic carbocycles. The molecule has 5 nitrogen and oxygen atoms in total. The highest BCUT2D eigenvalue weighted by molar-refractivity contribution is 7.89. The number of aromatic nitrogens is 2. The van der Waals surface area contributed by atoms with Gasteiger partial charge in [-0.05, 0) is 18.8 Å². The molecule has 1 saturated carbocycles. The number of rotatable bonds is 5. The van der Waals surface area contributed by atoms with Gasteiger partial charge in [-0.3, -0.25) is 0 Å². The minimum atomic E-state index is -3.60. The predicted octanol–water partition coefficient (Wildman–Crippen LogP) is 2.44. The van der Waals surface area contributed by atoms with Crippen molar-refractivity contribution in [2.45, 2.75) is 56.5 Å². The predicted molar refractivity (Wildman–Crippen MR) is 79.4 cm³/mol. The summed E-state index contributed by atoms with van der Waals surface area (Å²) in [7, 11) is -3.60. The number of alkyl halides is 1. The van der Waals surface area contributed by atoms with Gasteiger partial charge in [0.2, 0.25) is 0 Å². The second-order valence-electron chi connectivity index (χ2n) is 5.77. The molecule has 0 radical (unpaired) electrons. The van der Waals surface area contributed by atoms with Gasteiger partial charge in [0.1, 0.15) is 5.82 Å². The molecule has 20 heavy (non-hydrogen) atoms. The monoisotopic (exact) mass is 319 g/mol. The number of sulfonamides is 1. The lowest BCUT2D eigenvalue weighted by Gasteiger charge is -2.38. The largest absolute Gasteiger partial charge is 0.332 e. The first-order chi connectivity index (χ1) is 9.41. The summed E-state index contributed by atoms with van der Waals surface area (Å²) in [5.41, 5.74) is -0.532. The number of nitrogens with zero attached hydrogens (tertiary/aromatic N) is 1. The normalized spacial score (nSPS) is 27.6. The summed E-state index contributed by atoms with van der Waals surface area (Å²) in [6.07, 6.45) is 5.74. The van der Waals surface area contributed by atoms with Gasteiger partial charge in [0.05, 0.1) is 6.20 Å². The zero-order valence-electron chi connectivity index (χ0n) is 11.9. The highest BCUT2D eigenvalue weighted by atomic mass is 35.5. The van der Waals surface area contributed by atoms with Crippen molar-refractivity contribution in [3.8, 4) is 0 Å². The summed E-state index contributed by atoms with van der Waals surface area (Å²) in [5, 5.41) is 0.122. The highest BCUT2D eigenvalue weighted by Gasteiger charge is 2.38. The van der Waals surface area contributed by atoms with Crippen molar-refractivity contribution in [2.24, 2.45) is 5.92 Å². The molecule has 2 atom stereocenters. The number of hydrogen-bond donors (Lipinski definition) is 2. The Bertz CT molecular complexity index is 558. The van der Waals surface area contributed by atoms with Gasteiger partial charge in [-0.25, -0.2) is 18.1 Å². The SMILES string of the molecule is CCc1ncc(S(=O)(=O)NC2(CCl)CCCC(C)C2)[nH]1. The lowest BCUT2D eigenvalue weighted by Crippen LogP contribution is -2.52. The Labute approximate surface area is 125 Å². The van der Waals surface area contributed by atoms with E-state index in [1.54, 1.807) is 0 Å². The maximum atomic E-state index is 12.5. The first kappa shape index (κ1) is 15.8. The highest BCUT2D eigenvalue weighted by Crippen LogP contribution is 2.34. The molecule has 2 N–H and O–H groups in total. The Morgan fingerprint density at radius 2 is 2.35 bits per heavy atom. The standard InChI is InChI=1S/C13H22ClN3O2S/c1-3-11-15-8-12(16-11)20(18,19)17-13(9-14)6-4-5-10(2)7-13/h8,10,17H,3-7,9H2,1-2H3,(H,15,16). The summed E-state index contributed by atoms with van der Waals surface area (Å²) in [6, 6.07) is 0. The Balaban J connectivity index is 2.21. The van der Waals surface area contributed by atoms with Crippen LogP contribution in [-0.2, 0) is 16.4 Å². The Morgan fingerprint density at radius 1 is 1.60 bits per heavy atom. The maximum absolute atomic E-state index is 12.5. The lowest BCUT2D eigenvalue weighted by molar-refractivity contribution is 0.239. The first-order valence-electron chi connectivity index (χ1n) is 7.04.